The van der Waals surface area contributed by atoms with Gasteiger partial charge in [0.1, 0.15) is 0 Å². The van der Waals surface area contributed by atoms with Crippen LogP contribution in [0.1, 0.15) is 16.7 Å². The molecule has 130 valence electrons. The Hall–Kier alpha value is -2.05. The van der Waals surface area contributed by atoms with Crippen molar-refractivity contribution in [2.24, 2.45) is 0 Å². The topological polar surface area (TPSA) is 38.1 Å². The highest BCUT2D eigenvalue weighted by molar-refractivity contribution is 7.99. The predicted octanol–water partition coefficient (Wildman–Crippen LogP) is 4.30. The quantitative estimate of drug-likeness (QED) is 0.606. The fraction of sp³-hybridized carbons (Fsp3) is 0.263. The lowest BCUT2D eigenvalue weighted by Crippen LogP contribution is -2.27. The van der Waals surface area contributed by atoms with Gasteiger partial charge in [0, 0.05) is 26.0 Å². The van der Waals surface area contributed by atoms with Crippen LogP contribution < -0.4 is 0 Å². The van der Waals surface area contributed by atoms with E-state index in [1.807, 2.05) is 18.6 Å². The molecule has 25 heavy (non-hydrogen) atoms. The molecule has 2 aromatic heterocycles. The van der Waals surface area contributed by atoms with Gasteiger partial charge in [-0.25, -0.2) is 4.98 Å². The first kappa shape index (κ1) is 17.8. The molecule has 2 heterocycles. The van der Waals surface area contributed by atoms with Crippen LogP contribution in [0.25, 0.3) is 5.69 Å². The van der Waals surface area contributed by atoms with E-state index >= 15 is 0 Å². The van der Waals surface area contributed by atoms with Crippen molar-refractivity contribution in [3.8, 4) is 5.69 Å². The smallest absolute Gasteiger partial charge is 0.233 e. The van der Waals surface area contributed by atoms with Crippen molar-refractivity contribution in [3.63, 3.8) is 0 Å². The summed E-state index contributed by atoms with van der Waals surface area (Å²) in [5.41, 5.74) is 4.67. The van der Waals surface area contributed by atoms with E-state index in [2.05, 4.69) is 53.0 Å². The van der Waals surface area contributed by atoms with Crippen LogP contribution >= 0.6 is 23.1 Å². The van der Waals surface area contributed by atoms with Gasteiger partial charge in [0.05, 0.1) is 11.4 Å². The van der Waals surface area contributed by atoms with E-state index in [1.54, 1.807) is 22.4 Å². The number of thiophene rings is 1. The molecule has 0 N–H and O–H groups in total. The van der Waals surface area contributed by atoms with Gasteiger partial charge in [-0.3, -0.25) is 9.36 Å². The second-order valence-electron chi connectivity index (χ2n) is 6.04. The van der Waals surface area contributed by atoms with Crippen LogP contribution in [-0.2, 0) is 11.3 Å². The first-order chi connectivity index (χ1) is 12.0. The maximum atomic E-state index is 12.4. The average Bonchev–Trinajstić information content (AvgIpc) is 3.26. The summed E-state index contributed by atoms with van der Waals surface area (Å²) >= 11 is 3.13. The SMILES string of the molecule is Cc1ccc(C)c(-n2ccnc2SCC(=O)N(C)Cc2ccsc2)c1. The normalized spacial score (nSPS) is 10.8. The summed E-state index contributed by atoms with van der Waals surface area (Å²) in [7, 11) is 1.84. The summed E-state index contributed by atoms with van der Waals surface area (Å²) in [6.07, 6.45) is 3.73. The predicted molar refractivity (Wildman–Crippen MR) is 105 cm³/mol. The van der Waals surface area contributed by atoms with Gasteiger partial charge in [0.25, 0.3) is 0 Å². The van der Waals surface area contributed by atoms with E-state index in [4.69, 9.17) is 0 Å². The highest BCUT2D eigenvalue weighted by atomic mass is 32.2. The Balaban J connectivity index is 1.67. The molecule has 0 aliphatic heterocycles. The molecule has 3 rings (SSSR count). The number of aryl methyl sites for hydroxylation is 2. The van der Waals surface area contributed by atoms with E-state index in [0.717, 1.165) is 10.8 Å². The number of imidazole rings is 1. The Morgan fingerprint density at radius 1 is 1.32 bits per heavy atom. The number of hydrogen-bond acceptors (Lipinski definition) is 4. The van der Waals surface area contributed by atoms with Gasteiger partial charge in [0.15, 0.2) is 5.16 Å². The largest absolute Gasteiger partial charge is 0.341 e. The monoisotopic (exact) mass is 371 g/mol. The molecule has 0 aliphatic carbocycles. The van der Waals surface area contributed by atoms with Gasteiger partial charge in [-0.2, -0.15) is 11.3 Å². The van der Waals surface area contributed by atoms with Crippen molar-refractivity contribution < 1.29 is 4.79 Å². The van der Waals surface area contributed by atoms with Crippen LogP contribution in [0.2, 0.25) is 0 Å². The molecule has 0 saturated carbocycles. The fourth-order valence-electron chi connectivity index (χ4n) is 2.54. The number of benzene rings is 1. The van der Waals surface area contributed by atoms with Gasteiger partial charge in [-0.05, 0) is 53.4 Å². The Morgan fingerprint density at radius 3 is 2.92 bits per heavy atom. The highest BCUT2D eigenvalue weighted by Crippen LogP contribution is 2.24. The summed E-state index contributed by atoms with van der Waals surface area (Å²) in [4.78, 5) is 18.6. The minimum Gasteiger partial charge on any atom is -0.341 e. The molecular formula is C19H21N3OS2. The molecule has 0 atom stereocenters. The van der Waals surface area contributed by atoms with Gasteiger partial charge in [-0.1, -0.05) is 23.9 Å². The molecule has 0 bridgehead atoms. The Morgan fingerprint density at radius 2 is 2.16 bits per heavy atom. The minimum atomic E-state index is 0.103. The molecule has 0 fully saturated rings. The van der Waals surface area contributed by atoms with Crippen LogP contribution in [0.5, 0.6) is 0 Å². The first-order valence-electron chi connectivity index (χ1n) is 8.03. The van der Waals surface area contributed by atoms with Gasteiger partial charge >= 0.3 is 0 Å². The summed E-state index contributed by atoms with van der Waals surface area (Å²) in [6, 6.07) is 8.41. The third-order valence-electron chi connectivity index (χ3n) is 3.98. The van der Waals surface area contributed by atoms with Crippen molar-refractivity contribution in [1.29, 1.82) is 0 Å². The van der Waals surface area contributed by atoms with Gasteiger partial charge < -0.3 is 4.90 Å². The maximum Gasteiger partial charge on any atom is 0.233 e. The molecule has 3 aromatic rings. The Kier molecular flexibility index (Phi) is 5.60. The Labute approximate surface area is 156 Å². The van der Waals surface area contributed by atoms with Crippen LogP contribution in [0.4, 0.5) is 0 Å². The van der Waals surface area contributed by atoms with Crippen molar-refractivity contribution in [3.05, 3.63) is 64.1 Å². The molecule has 0 saturated heterocycles. The zero-order valence-corrected chi connectivity index (χ0v) is 16.2. The maximum absolute atomic E-state index is 12.4. The summed E-state index contributed by atoms with van der Waals surface area (Å²) in [6.45, 7) is 4.81. The van der Waals surface area contributed by atoms with E-state index < -0.39 is 0 Å². The zero-order valence-electron chi connectivity index (χ0n) is 14.6. The van der Waals surface area contributed by atoms with Crippen LogP contribution in [-0.4, -0.2) is 33.2 Å². The summed E-state index contributed by atoms with van der Waals surface area (Å²) < 4.78 is 2.05. The molecule has 1 aromatic carbocycles. The number of hydrogen-bond donors (Lipinski definition) is 0. The number of carbonyl (C=O) groups excluding carboxylic acids is 1. The number of nitrogens with zero attached hydrogens (tertiary/aromatic N) is 3. The van der Waals surface area contributed by atoms with Crippen molar-refractivity contribution in [2.45, 2.75) is 25.5 Å². The second kappa shape index (κ2) is 7.89. The number of thioether (sulfide) groups is 1. The lowest BCUT2D eigenvalue weighted by atomic mass is 10.1. The lowest BCUT2D eigenvalue weighted by molar-refractivity contribution is -0.127. The second-order valence-corrected chi connectivity index (χ2v) is 7.76. The standard InChI is InChI=1S/C19H21N3OS2/c1-14-4-5-15(2)17(10-14)22-8-7-20-19(22)25-13-18(23)21(3)11-16-6-9-24-12-16/h4-10,12H,11,13H2,1-3H3. The number of rotatable bonds is 6. The highest BCUT2D eigenvalue weighted by Gasteiger charge is 2.14. The van der Waals surface area contributed by atoms with Crippen molar-refractivity contribution >= 4 is 29.0 Å². The van der Waals surface area contributed by atoms with E-state index in [9.17, 15) is 4.79 Å². The molecule has 0 aliphatic rings. The van der Waals surface area contributed by atoms with Gasteiger partial charge in [-0.15, -0.1) is 0 Å². The summed E-state index contributed by atoms with van der Waals surface area (Å²) in [5, 5.41) is 4.94. The fourth-order valence-corrected chi connectivity index (χ4v) is 4.11. The molecular weight excluding hydrogens is 350 g/mol. The molecule has 0 radical (unpaired) electrons. The van der Waals surface area contributed by atoms with E-state index in [0.29, 0.717) is 12.3 Å². The first-order valence-corrected chi connectivity index (χ1v) is 9.96. The molecule has 0 spiro atoms. The third-order valence-corrected chi connectivity index (χ3v) is 5.66. The lowest BCUT2D eigenvalue weighted by Gasteiger charge is -2.16. The molecule has 6 heteroatoms. The van der Waals surface area contributed by atoms with Crippen LogP contribution in [0.15, 0.2) is 52.6 Å². The van der Waals surface area contributed by atoms with Crippen molar-refractivity contribution in [2.75, 3.05) is 12.8 Å². The molecule has 0 unspecified atom stereocenters. The van der Waals surface area contributed by atoms with E-state index in [-0.39, 0.29) is 5.91 Å². The number of amides is 1. The average molecular weight is 372 g/mol. The van der Waals surface area contributed by atoms with Crippen molar-refractivity contribution in [1.82, 2.24) is 14.5 Å². The summed E-state index contributed by atoms with van der Waals surface area (Å²) in [5.74, 6) is 0.481. The van der Waals surface area contributed by atoms with Crippen LogP contribution in [0.3, 0.4) is 0 Å². The third kappa shape index (κ3) is 4.32. The van der Waals surface area contributed by atoms with E-state index in [1.165, 1.54) is 28.5 Å². The number of aromatic nitrogens is 2. The van der Waals surface area contributed by atoms with Crippen LogP contribution in [0, 0.1) is 13.8 Å². The zero-order chi connectivity index (χ0) is 17.8. The Bertz CT molecular complexity index is 855. The van der Waals surface area contributed by atoms with Gasteiger partial charge in [0.2, 0.25) is 5.91 Å². The molecule has 1 amide bonds. The molecule has 4 nitrogen and oxygen atoms in total. The number of carbonyl (C=O) groups is 1. The minimum absolute atomic E-state index is 0.103.